The lowest BCUT2D eigenvalue weighted by molar-refractivity contribution is 0.0606. The molecule has 2 fully saturated rings. The third kappa shape index (κ3) is 4.13. The highest BCUT2D eigenvalue weighted by atomic mass is 16.6. The van der Waals surface area contributed by atoms with E-state index in [2.05, 4.69) is 30.9 Å². The van der Waals surface area contributed by atoms with Crippen molar-refractivity contribution in [1.29, 1.82) is 0 Å². The summed E-state index contributed by atoms with van der Waals surface area (Å²) >= 11 is 0. The summed E-state index contributed by atoms with van der Waals surface area (Å²) in [6.07, 6.45) is 2.46. The summed E-state index contributed by atoms with van der Waals surface area (Å²) in [4.78, 5) is 16.6. The van der Waals surface area contributed by atoms with E-state index < -0.39 is 0 Å². The van der Waals surface area contributed by atoms with Gasteiger partial charge in [-0.05, 0) is 53.7 Å². The average molecular weight is 474 g/mol. The van der Waals surface area contributed by atoms with Crippen LogP contribution in [0.1, 0.15) is 22.0 Å². The number of hydrogen-bond acceptors (Lipinski definition) is 9. The first-order valence-corrected chi connectivity index (χ1v) is 11.2. The molecule has 0 spiro atoms. The number of rotatable bonds is 6. The van der Waals surface area contributed by atoms with E-state index in [4.69, 9.17) is 14.2 Å². The Hall–Kier alpha value is -4.16. The van der Waals surface area contributed by atoms with Crippen molar-refractivity contribution in [3.8, 4) is 17.4 Å². The molecule has 2 aromatic carbocycles. The number of nitrogens with zero attached hydrogens (tertiary/aromatic N) is 7. The first-order valence-electron chi connectivity index (χ1n) is 11.2. The van der Waals surface area contributed by atoms with Crippen molar-refractivity contribution in [3.05, 3.63) is 72.3 Å². The number of amides is 1. The lowest BCUT2D eigenvalue weighted by Gasteiger charge is -2.18. The van der Waals surface area contributed by atoms with Crippen LogP contribution in [-0.4, -0.2) is 72.3 Å². The minimum Gasteiger partial charge on any atom is -0.423 e. The Morgan fingerprint density at radius 1 is 1.06 bits per heavy atom. The largest absolute Gasteiger partial charge is 0.423 e. The van der Waals surface area contributed by atoms with Crippen LogP contribution in [0.4, 0.5) is 0 Å². The number of fused-ring (bicyclic) bond motifs is 1. The first kappa shape index (κ1) is 21.4. The monoisotopic (exact) mass is 474 g/mol. The molecule has 2 aliphatic rings. The number of benzene rings is 2. The van der Waals surface area contributed by atoms with Crippen molar-refractivity contribution in [2.24, 2.45) is 0 Å². The number of aryl methyl sites for hydroxylation is 1. The zero-order chi connectivity index (χ0) is 23.8. The molecule has 4 heterocycles. The average Bonchev–Trinajstić information content (AvgIpc) is 3.67. The van der Waals surface area contributed by atoms with Crippen LogP contribution in [0.2, 0.25) is 0 Å². The molecule has 0 aliphatic carbocycles. The molecule has 12 heteroatoms. The van der Waals surface area contributed by atoms with Gasteiger partial charge in [0.1, 0.15) is 36.7 Å². The Bertz CT molecular complexity index is 1310. The Balaban J connectivity index is 1.13. The molecule has 4 atom stereocenters. The van der Waals surface area contributed by atoms with Crippen LogP contribution in [0.15, 0.2) is 61.2 Å². The Morgan fingerprint density at radius 2 is 1.86 bits per heavy atom. The number of tetrazole rings is 1. The van der Waals surface area contributed by atoms with Crippen LogP contribution in [-0.2, 0) is 9.47 Å². The van der Waals surface area contributed by atoms with Crippen LogP contribution < -0.4 is 10.1 Å². The molecular formula is C23H22N8O4. The van der Waals surface area contributed by atoms with Gasteiger partial charge >= 0.3 is 6.01 Å². The molecular weight excluding hydrogens is 452 g/mol. The standard InChI is InChI=1S/C23H22N8O4/c1-14-2-4-15(5-3-14)22(32)26-18-10-33-21-19(11-34-20(18)21)31-23(27-28-29-31)35-17-8-6-16(7-9-17)30-13-24-12-25-30/h2-9,12-13,18-21H,10-11H2,1H3,(H,26,32)/t18-,19+,20-,21+/m1/s1. The Labute approximate surface area is 199 Å². The predicted molar refractivity (Wildman–Crippen MR) is 120 cm³/mol. The van der Waals surface area contributed by atoms with Gasteiger partial charge in [0, 0.05) is 5.56 Å². The molecule has 2 aromatic heterocycles. The molecule has 178 valence electrons. The van der Waals surface area contributed by atoms with Gasteiger partial charge in [-0.1, -0.05) is 22.8 Å². The SMILES string of the molecule is Cc1ccc(C(=O)N[C@@H]2CO[C@@H]3[C@@H]2OC[C@@H]3n2nnnc2Oc2ccc(-n3cncn3)cc2)cc1. The van der Waals surface area contributed by atoms with E-state index in [-0.39, 0.29) is 36.2 Å². The summed E-state index contributed by atoms with van der Waals surface area (Å²) < 4.78 is 21.2. The second-order valence-electron chi connectivity index (χ2n) is 8.45. The van der Waals surface area contributed by atoms with Gasteiger partial charge in [-0.3, -0.25) is 4.79 Å². The molecule has 6 rings (SSSR count). The molecule has 2 saturated heterocycles. The van der Waals surface area contributed by atoms with E-state index >= 15 is 0 Å². The number of nitrogens with one attached hydrogen (secondary N) is 1. The Morgan fingerprint density at radius 3 is 2.63 bits per heavy atom. The zero-order valence-corrected chi connectivity index (χ0v) is 18.8. The fourth-order valence-corrected chi connectivity index (χ4v) is 4.34. The van der Waals surface area contributed by atoms with E-state index in [1.54, 1.807) is 40.0 Å². The maximum Gasteiger partial charge on any atom is 0.341 e. The highest BCUT2D eigenvalue weighted by Crippen LogP contribution is 2.36. The van der Waals surface area contributed by atoms with Crippen LogP contribution in [0.25, 0.3) is 5.69 Å². The fourth-order valence-electron chi connectivity index (χ4n) is 4.34. The maximum atomic E-state index is 12.7. The van der Waals surface area contributed by atoms with Crippen LogP contribution in [0, 0.1) is 6.92 Å². The highest BCUT2D eigenvalue weighted by molar-refractivity contribution is 5.94. The van der Waals surface area contributed by atoms with Gasteiger partial charge in [-0.25, -0.2) is 9.67 Å². The van der Waals surface area contributed by atoms with Crippen molar-refractivity contribution in [2.75, 3.05) is 13.2 Å². The van der Waals surface area contributed by atoms with Gasteiger partial charge in [0.2, 0.25) is 0 Å². The summed E-state index contributed by atoms with van der Waals surface area (Å²) in [7, 11) is 0. The number of ether oxygens (including phenoxy) is 3. The van der Waals surface area contributed by atoms with Crippen molar-refractivity contribution in [2.45, 2.75) is 31.2 Å². The van der Waals surface area contributed by atoms with E-state index in [0.717, 1.165) is 11.3 Å². The predicted octanol–water partition coefficient (Wildman–Crippen LogP) is 1.49. The molecule has 1 amide bonds. The topological polar surface area (TPSA) is 131 Å². The smallest absolute Gasteiger partial charge is 0.341 e. The van der Waals surface area contributed by atoms with Crippen molar-refractivity contribution in [3.63, 3.8) is 0 Å². The number of carbonyl (C=O) groups excluding carboxylic acids is 1. The molecule has 0 radical (unpaired) electrons. The molecule has 1 N–H and O–H groups in total. The van der Waals surface area contributed by atoms with E-state index in [0.29, 0.717) is 24.5 Å². The Kier molecular flexibility index (Phi) is 5.43. The summed E-state index contributed by atoms with van der Waals surface area (Å²) in [5, 5.41) is 19.1. The quantitative estimate of drug-likeness (QED) is 0.441. The van der Waals surface area contributed by atoms with Crippen LogP contribution >= 0.6 is 0 Å². The zero-order valence-electron chi connectivity index (χ0n) is 18.8. The summed E-state index contributed by atoms with van der Waals surface area (Å²) in [6.45, 7) is 2.65. The third-order valence-corrected chi connectivity index (χ3v) is 6.16. The third-order valence-electron chi connectivity index (χ3n) is 6.16. The second kappa shape index (κ2) is 8.89. The molecule has 0 unspecified atom stereocenters. The summed E-state index contributed by atoms with van der Waals surface area (Å²) in [6, 6.07) is 14.4. The lowest BCUT2D eigenvalue weighted by atomic mass is 10.1. The normalized spacial score (nSPS) is 23.2. The van der Waals surface area contributed by atoms with Crippen molar-refractivity contribution >= 4 is 5.91 Å². The van der Waals surface area contributed by atoms with Crippen LogP contribution in [0.3, 0.4) is 0 Å². The maximum absolute atomic E-state index is 12.7. The minimum absolute atomic E-state index is 0.160. The van der Waals surface area contributed by atoms with Gasteiger partial charge in [0.15, 0.2) is 0 Å². The van der Waals surface area contributed by atoms with Crippen molar-refractivity contribution in [1.82, 2.24) is 40.3 Å². The lowest BCUT2D eigenvalue weighted by Crippen LogP contribution is -2.44. The van der Waals surface area contributed by atoms with Crippen LogP contribution in [0.5, 0.6) is 11.8 Å². The highest BCUT2D eigenvalue weighted by Gasteiger charge is 2.50. The van der Waals surface area contributed by atoms with Gasteiger partial charge in [-0.2, -0.15) is 9.78 Å². The molecule has 12 nitrogen and oxygen atoms in total. The number of carbonyl (C=O) groups is 1. The number of hydrogen-bond donors (Lipinski definition) is 1. The van der Waals surface area contributed by atoms with E-state index in [1.807, 2.05) is 31.2 Å². The van der Waals surface area contributed by atoms with Gasteiger partial charge in [0.05, 0.1) is 24.9 Å². The molecule has 0 saturated carbocycles. The molecule has 0 bridgehead atoms. The minimum atomic E-state index is -0.321. The molecule has 2 aliphatic heterocycles. The van der Waals surface area contributed by atoms with Gasteiger partial charge < -0.3 is 19.5 Å². The first-order chi connectivity index (χ1) is 17.2. The second-order valence-corrected chi connectivity index (χ2v) is 8.45. The van der Waals surface area contributed by atoms with E-state index in [1.165, 1.54) is 6.33 Å². The van der Waals surface area contributed by atoms with Gasteiger partial charge in [-0.15, -0.1) is 0 Å². The number of aromatic nitrogens is 7. The molecule has 4 aromatic rings. The summed E-state index contributed by atoms with van der Waals surface area (Å²) in [5.41, 5.74) is 2.54. The molecule has 35 heavy (non-hydrogen) atoms. The van der Waals surface area contributed by atoms with E-state index in [9.17, 15) is 4.79 Å². The van der Waals surface area contributed by atoms with Crippen molar-refractivity contribution < 1.29 is 19.0 Å². The summed E-state index contributed by atoms with van der Waals surface area (Å²) in [5.74, 6) is 0.406. The fraction of sp³-hybridized carbons (Fsp3) is 0.304. The van der Waals surface area contributed by atoms with Gasteiger partial charge in [0.25, 0.3) is 5.91 Å².